The van der Waals surface area contributed by atoms with E-state index in [0.29, 0.717) is 17.5 Å². The van der Waals surface area contributed by atoms with E-state index in [0.717, 1.165) is 27.8 Å². The van der Waals surface area contributed by atoms with Gasteiger partial charge in [0, 0.05) is 12.0 Å². The third-order valence-electron chi connectivity index (χ3n) is 4.80. The van der Waals surface area contributed by atoms with Gasteiger partial charge in [-0.25, -0.2) is 8.78 Å². The van der Waals surface area contributed by atoms with Crippen molar-refractivity contribution >= 4 is 5.97 Å². The van der Waals surface area contributed by atoms with Crippen LogP contribution in [0.15, 0.2) is 60.7 Å². The summed E-state index contributed by atoms with van der Waals surface area (Å²) in [5.74, 6) is -0.879. The van der Waals surface area contributed by atoms with E-state index in [2.05, 4.69) is 0 Å². The summed E-state index contributed by atoms with van der Waals surface area (Å²) in [7, 11) is 0. The molecule has 3 aromatic rings. The number of aliphatic carboxylic acids is 1. The molecule has 0 saturated heterocycles. The normalized spacial score (nSPS) is 11.0. The van der Waals surface area contributed by atoms with Gasteiger partial charge in [0.05, 0.1) is 0 Å². The fourth-order valence-corrected chi connectivity index (χ4v) is 3.44. The number of alkyl halides is 2. The van der Waals surface area contributed by atoms with Crippen LogP contribution in [0.2, 0.25) is 0 Å². The number of carboxylic acid groups (broad SMARTS) is 1. The molecule has 0 spiro atoms. The molecule has 4 heteroatoms. The Morgan fingerprint density at radius 1 is 0.893 bits per heavy atom. The zero-order valence-electron chi connectivity index (χ0n) is 15.9. The monoisotopic (exact) mass is 380 g/mol. The van der Waals surface area contributed by atoms with E-state index >= 15 is 0 Å². The summed E-state index contributed by atoms with van der Waals surface area (Å²) in [4.78, 5) is 11.0. The van der Waals surface area contributed by atoms with E-state index in [4.69, 9.17) is 5.11 Å². The van der Waals surface area contributed by atoms with E-state index in [1.54, 1.807) is 6.07 Å². The predicted octanol–water partition coefficient (Wildman–Crippen LogP) is 6.59. The highest BCUT2D eigenvalue weighted by Crippen LogP contribution is 2.36. The van der Waals surface area contributed by atoms with Crippen LogP contribution in [0.5, 0.6) is 0 Å². The van der Waals surface area contributed by atoms with E-state index in [1.165, 1.54) is 6.07 Å². The summed E-state index contributed by atoms with van der Waals surface area (Å²) in [6.45, 7) is 3.86. The molecule has 0 aliphatic heterocycles. The van der Waals surface area contributed by atoms with Crippen molar-refractivity contribution < 1.29 is 18.7 Å². The molecule has 0 amide bonds. The Bertz CT molecular complexity index is 1010. The summed E-state index contributed by atoms with van der Waals surface area (Å²) < 4.78 is 27.7. The average Bonchev–Trinajstić information content (AvgIpc) is 2.66. The molecule has 0 unspecified atom stereocenters. The number of rotatable bonds is 6. The molecule has 0 fully saturated rings. The largest absolute Gasteiger partial charge is 0.481 e. The lowest BCUT2D eigenvalue weighted by Gasteiger charge is -2.15. The van der Waals surface area contributed by atoms with Crippen molar-refractivity contribution in [3.8, 4) is 22.3 Å². The molecule has 0 aliphatic rings. The summed E-state index contributed by atoms with van der Waals surface area (Å²) >= 11 is 0. The minimum absolute atomic E-state index is 0.000463. The Kier molecular flexibility index (Phi) is 5.88. The van der Waals surface area contributed by atoms with Crippen molar-refractivity contribution in [2.24, 2.45) is 0 Å². The van der Waals surface area contributed by atoms with Gasteiger partial charge in [-0.2, -0.15) is 0 Å². The highest BCUT2D eigenvalue weighted by molar-refractivity contribution is 5.76. The lowest BCUT2D eigenvalue weighted by atomic mass is 9.91. The summed E-state index contributed by atoms with van der Waals surface area (Å²) in [5.41, 5.74) is 5.60. The van der Waals surface area contributed by atoms with Crippen LogP contribution < -0.4 is 0 Å². The van der Waals surface area contributed by atoms with E-state index in [9.17, 15) is 13.6 Å². The Balaban J connectivity index is 2.09. The standard InChI is InChI=1S/C24H22F2O2/c1-15-4-3-5-17(12-15)21-10-7-19(14-22(21)24(25)26)20-9-6-16(2)13-18(20)8-11-23(27)28/h3-7,9-10,12-14,24H,8,11H2,1-2H3,(H,27,28). The molecule has 0 heterocycles. The maximum Gasteiger partial charge on any atom is 0.303 e. The van der Waals surface area contributed by atoms with Crippen molar-refractivity contribution in [2.75, 3.05) is 0 Å². The van der Waals surface area contributed by atoms with Crippen molar-refractivity contribution in [3.63, 3.8) is 0 Å². The minimum Gasteiger partial charge on any atom is -0.481 e. The number of hydrogen-bond donors (Lipinski definition) is 1. The second kappa shape index (κ2) is 8.34. The highest BCUT2D eigenvalue weighted by Gasteiger charge is 2.17. The lowest BCUT2D eigenvalue weighted by molar-refractivity contribution is -0.136. The van der Waals surface area contributed by atoms with Gasteiger partial charge in [-0.1, -0.05) is 65.7 Å². The SMILES string of the molecule is Cc1cccc(-c2ccc(-c3ccc(C)cc3CCC(=O)O)cc2C(F)F)c1. The summed E-state index contributed by atoms with van der Waals surface area (Å²) in [6.07, 6.45) is -2.25. The number of aryl methyl sites for hydroxylation is 3. The van der Waals surface area contributed by atoms with Crippen LogP contribution in [0.3, 0.4) is 0 Å². The Morgan fingerprint density at radius 2 is 1.57 bits per heavy atom. The van der Waals surface area contributed by atoms with Crippen LogP contribution >= 0.6 is 0 Å². The van der Waals surface area contributed by atoms with Gasteiger partial charge in [0.15, 0.2) is 0 Å². The molecule has 0 bridgehead atoms. The van der Waals surface area contributed by atoms with Crippen molar-refractivity contribution in [3.05, 3.63) is 82.9 Å². The zero-order valence-corrected chi connectivity index (χ0v) is 15.9. The van der Waals surface area contributed by atoms with Crippen LogP contribution in [-0.2, 0) is 11.2 Å². The summed E-state index contributed by atoms with van der Waals surface area (Å²) in [6, 6.07) is 18.3. The Labute approximate surface area is 163 Å². The van der Waals surface area contributed by atoms with Gasteiger partial charge in [0.25, 0.3) is 6.43 Å². The van der Waals surface area contributed by atoms with Gasteiger partial charge < -0.3 is 5.11 Å². The number of benzene rings is 3. The van der Waals surface area contributed by atoms with Gasteiger partial charge in [-0.05, 0) is 54.2 Å². The van der Waals surface area contributed by atoms with Crippen molar-refractivity contribution in [2.45, 2.75) is 33.1 Å². The first-order chi connectivity index (χ1) is 13.3. The van der Waals surface area contributed by atoms with E-state index < -0.39 is 12.4 Å². The van der Waals surface area contributed by atoms with Gasteiger partial charge in [0.1, 0.15) is 0 Å². The zero-order chi connectivity index (χ0) is 20.3. The van der Waals surface area contributed by atoms with Gasteiger partial charge >= 0.3 is 5.97 Å². The van der Waals surface area contributed by atoms with Crippen LogP contribution in [0.1, 0.15) is 35.1 Å². The molecule has 2 nitrogen and oxygen atoms in total. The Hall–Kier alpha value is -3.01. The van der Waals surface area contributed by atoms with Crippen LogP contribution in [0, 0.1) is 13.8 Å². The molecule has 3 aromatic carbocycles. The van der Waals surface area contributed by atoms with Gasteiger partial charge in [-0.15, -0.1) is 0 Å². The number of halogens is 2. The fourth-order valence-electron chi connectivity index (χ4n) is 3.44. The maximum atomic E-state index is 13.9. The minimum atomic E-state index is -2.61. The molecule has 3 rings (SSSR count). The van der Waals surface area contributed by atoms with Crippen LogP contribution in [0.4, 0.5) is 8.78 Å². The molecule has 144 valence electrons. The molecule has 0 atom stereocenters. The maximum absolute atomic E-state index is 13.9. The molecular weight excluding hydrogens is 358 g/mol. The first-order valence-corrected chi connectivity index (χ1v) is 9.16. The third-order valence-corrected chi connectivity index (χ3v) is 4.80. The van der Waals surface area contributed by atoms with E-state index in [1.807, 2.05) is 62.4 Å². The third kappa shape index (κ3) is 4.45. The number of carboxylic acids is 1. The smallest absolute Gasteiger partial charge is 0.303 e. The van der Waals surface area contributed by atoms with Gasteiger partial charge in [0.2, 0.25) is 0 Å². The topological polar surface area (TPSA) is 37.3 Å². The van der Waals surface area contributed by atoms with Crippen molar-refractivity contribution in [1.82, 2.24) is 0 Å². The Morgan fingerprint density at radius 3 is 2.25 bits per heavy atom. The fraction of sp³-hybridized carbons (Fsp3) is 0.208. The van der Waals surface area contributed by atoms with Gasteiger partial charge in [-0.3, -0.25) is 4.79 Å². The molecule has 0 saturated carbocycles. The average molecular weight is 380 g/mol. The molecule has 28 heavy (non-hydrogen) atoms. The lowest BCUT2D eigenvalue weighted by Crippen LogP contribution is -2.00. The van der Waals surface area contributed by atoms with Crippen LogP contribution in [0.25, 0.3) is 22.3 Å². The van der Waals surface area contributed by atoms with Crippen LogP contribution in [-0.4, -0.2) is 11.1 Å². The quantitative estimate of drug-likeness (QED) is 0.524. The molecule has 1 N–H and O–H groups in total. The second-order valence-electron chi connectivity index (χ2n) is 7.03. The first-order valence-electron chi connectivity index (χ1n) is 9.16. The summed E-state index contributed by atoms with van der Waals surface area (Å²) in [5, 5.41) is 9.01. The second-order valence-corrected chi connectivity index (χ2v) is 7.03. The van der Waals surface area contributed by atoms with Crippen molar-refractivity contribution in [1.29, 1.82) is 0 Å². The molecule has 0 aliphatic carbocycles. The number of hydrogen-bond acceptors (Lipinski definition) is 1. The highest BCUT2D eigenvalue weighted by atomic mass is 19.3. The molecule has 0 radical (unpaired) electrons. The first kappa shape index (κ1) is 19.7. The number of carbonyl (C=O) groups is 1. The van der Waals surface area contributed by atoms with E-state index in [-0.39, 0.29) is 12.0 Å². The molecule has 0 aromatic heterocycles. The predicted molar refractivity (Wildman–Crippen MR) is 108 cm³/mol. The molecular formula is C24H22F2O2.